The van der Waals surface area contributed by atoms with Gasteiger partial charge in [0.1, 0.15) is 0 Å². The molecule has 31 heavy (non-hydrogen) atoms. The SMILES string of the molecule is CCCCO[C@H](CCOP(=O)(OCCCC)OCCCC)CCN(C=O)OCCCC. The average molecular weight is 468 g/mol. The first-order valence-corrected chi connectivity index (χ1v) is 13.5. The van der Waals surface area contributed by atoms with Crippen molar-refractivity contribution in [3.8, 4) is 0 Å². The van der Waals surface area contributed by atoms with Crippen molar-refractivity contribution in [1.82, 2.24) is 5.06 Å². The Labute approximate surface area is 189 Å². The monoisotopic (exact) mass is 467 g/mol. The lowest BCUT2D eigenvalue weighted by molar-refractivity contribution is -0.174. The lowest BCUT2D eigenvalue weighted by Crippen LogP contribution is -2.28. The topological polar surface area (TPSA) is 83.5 Å². The summed E-state index contributed by atoms with van der Waals surface area (Å²) in [4.78, 5) is 16.7. The van der Waals surface area contributed by atoms with Crippen LogP contribution >= 0.6 is 7.82 Å². The van der Waals surface area contributed by atoms with Gasteiger partial charge < -0.3 is 4.74 Å². The van der Waals surface area contributed by atoms with Crippen LogP contribution in [0.2, 0.25) is 0 Å². The van der Waals surface area contributed by atoms with Crippen molar-refractivity contribution in [2.45, 2.75) is 98.0 Å². The van der Waals surface area contributed by atoms with E-state index in [1.165, 1.54) is 5.06 Å². The van der Waals surface area contributed by atoms with Gasteiger partial charge in [-0.3, -0.25) is 23.2 Å². The number of carbonyl (C=O) groups is 1. The predicted molar refractivity (Wildman–Crippen MR) is 123 cm³/mol. The molecule has 0 radical (unpaired) electrons. The number of phosphoric acid groups is 1. The second kappa shape index (κ2) is 21.4. The molecule has 0 N–H and O–H groups in total. The van der Waals surface area contributed by atoms with Crippen LogP contribution in [-0.4, -0.2) is 57.2 Å². The molecule has 0 spiro atoms. The highest BCUT2D eigenvalue weighted by molar-refractivity contribution is 7.48. The molecule has 0 aromatic carbocycles. The molecule has 1 atom stereocenters. The number of ether oxygens (including phenoxy) is 1. The summed E-state index contributed by atoms with van der Waals surface area (Å²) in [7, 11) is -3.58. The van der Waals surface area contributed by atoms with Crippen molar-refractivity contribution in [2.24, 2.45) is 0 Å². The molecule has 0 rings (SSSR count). The maximum atomic E-state index is 12.9. The minimum atomic E-state index is -3.58. The minimum absolute atomic E-state index is 0.136. The van der Waals surface area contributed by atoms with Crippen LogP contribution in [0, 0.1) is 0 Å². The molecule has 8 nitrogen and oxygen atoms in total. The third-order valence-corrected chi connectivity index (χ3v) is 6.08. The number of hydrogen-bond donors (Lipinski definition) is 0. The molecule has 0 aliphatic heterocycles. The van der Waals surface area contributed by atoms with Crippen LogP contribution in [-0.2, 0) is 32.5 Å². The first-order chi connectivity index (χ1) is 15.0. The third-order valence-electron chi connectivity index (χ3n) is 4.58. The second-order valence-electron chi connectivity index (χ2n) is 7.51. The highest BCUT2D eigenvalue weighted by atomic mass is 31.2. The Bertz CT molecular complexity index is 440. The van der Waals surface area contributed by atoms with E-state index < -0.39 is 7.82 Å². The van der Waals surface area contributed by atoms with Gasteiger partial charge in [-0.05, 0) is 38.5 Å². The van der Waals surface area contributed by atoms with Crippen LogP contribution in [0.1, 0.15) is 91.9 Å². The van der Waals surface area contributed by atoms with E-state index in [1.807, 2.05) is 13.8 Å². The Kier molecular flexibility index (Phi) is 21.0. The average Bonchev–Trinajstić information content (AvgIpc) is 2.76. The maximum Gasteiger partial charge on any atom is 0.474 e. The van der Waals surface area contributed by atoms with E-state index in [-0.39, 0.29) is 12.7 Å². The molecule has 0 saturated heterocycles. The van der Waals surface area contributed by atoms with E-state index in [0.29, 0.717) is 52.2 Å². The fourth-order valence-electron chi connectivity index (χ4n) is 2.50. The lowest BCUT2D eigenvalue weighted by Gasteiger charge is -2.23. The minimum Gasteiger partial charge on any atom is -0.378 e. The maximum absolute atomic E-state index is 12.9. The molecule has 0 unspecified atom stereocenters. The summed E-state index contributed by atoms with van der Waals surface area (Å²) in [5, 5.41) is 1.32. The largest absolute Gasteiger partial charge is 0.474 e. The summed E-state index contributed by atoms with van der Waals surface area (Å²) >= 11 is 0. The van der Waals surface area contributed by atoms with Crippen LogP contribution in [0.15, 0.2) is 0 Å². The number of amides is 1. The number of unbranched alkanes of at least 4 members (excludes halogenated alkanes) is 4. The lowest BCUT2D eigenvalue weighted by atomic mass is 10.2. The molecule has 0 aliphatic rings. The van der Waals surface area contributed by atoms with Gasteiger partial charge in [0.15, 0.2) is 0 Å². The quantitative estimate of drug-likeness (QED) is 0.0756. The van der Waals surface area contributed by atoms with Crippen molar-refractivity contribution < 1.29 is 32.5 Å². The van der Waals surface area contributed by atoms with Gasteiger partial charge in [0.25, 0.3) is 0 Å². The number of rotatable bonds is 24. The molecule has 0 bridgehead atoms. The van der Waals surface area contributed by atoms with Crippen LogP contribution in [0.5, 0.6) is 0 Å². The fraction of sp³-hybridized carbons (Fsp3) is 0.955. The molecule has 0 aliphatic carbocycles. The number of hydroxylamine groups is 2. The summed E-state index contributed by atoms with van der Waals surface area (Å²) < 4.78 is 35.4. The Balaban J connectivity index is 4.65. The van der Waals surface area contributed by atoms with Gasteiger partial charge in [0.2, 0.25) is 6.41 Å². The zero-order valence-corrected chi connectivity index (χ0v) is 21.1. The summed E-state index contributed by atoms with van der Waals surface area (Å²) in [6.07, 6.45) is 9.09. The van der Waals surface area contributed by atoms with E-state index >= 15 is 0 Å². The predicted octanol–water partition coefficient (Wildman–Crippen LogP) is 5.90. The van der Waals surface area contributed by atoms with Crippen LogP contribution < -0.4 is 0 Å². The van der Waals surface area contributed by atoms with Gasteiger partial charge in [-0.2, -0.15) is 0 Å². The Morgan fingerprint density at radius 3 is 1.81 bits per heavy atom. The van der Waals surface area contributed by atoms with E-state index in [0.717, 1.165) is 51.4 Å². The second-order valence-corrected chi connectivity index (χ2v) is 9.18. The van der Waals surface area contributed by atoms with Crippen molar-refractivity contribution in [2.75, 3.05) is 39.6 Å². The van der Waals surface area contributed by atoms with Crippen molar-refractivity contribution in [3.05, 3.63) is 0 Å². The zero-order valence-electron chi connectivity index (χ0n) is 20.2. The molecular weight excluding hydrogens is 421 g/mol. The van der Waals surface area contributed by atoms with E-state index in [2.05, 4.69) is 13.8 Å². The van der Waals surface area contributed by atoms with E-state index in [9.17, 15) is 9.36 Å². The Morgan fingerprint density at radius 2 is 1.26 bits per heavy atom. The Hall–Kier alpha value is -0.500. The molecular formula is C22H46NO7P. The smallest absolute Gasteiger partial charge is 0.378 e. The van der Waals surface area contributed by atoms with Gasteiger partial charge in [-0.25, -0.2) is 9.63 Å². The third kappa shape index (κ3) is 17.7. The van der Waals surface area contributed by atoms with Gasteiger partial charge in [0, 0.05) is 6.61 Å². The highest BCUT2D eigenvalue weighted by Crippen LogP contribution is 2.49. The van der Waals surface area contributed by atoms with Crippen molar-refractivity contribution in [3.63, 3.8) is 0 Å². The normalized spacial score (nSPS) is 12.8. The highest BCUT2D eigenvalue weighted by Gasteiger charge is 2.27. The number of nitrogens with zero attached hydrogens (tertiary/aromatic N) is 1. The van der Waals surface area contributed by atoms with Gasteiger partial charge >= 0.3 is 7.82 Å². The van der Waals surface area contributed by atoms with E-state index in [4.69, 9.17) is 23.1 Å². The standard InChI is InChI=1S/C22H46NO7P/c1-5-9-16-26-22(13-15-23(21-24)27-17-10-6-2)14-20-30-31(25,28-18-11-7-3)29-19-12-8-4/h21-22H,5-20H2,1-4H3/t22-/m0/s1. The summed E-state index contributed by atoms with van der Waals surface area (Å²) in [6, 6.07) is 0. The van der Waals surface area contributed by atoms with Crippen molar-refractivity contribution >= 4 is 14.2 Å². The summed E-state index contributed by atoms with van der Waals surface area (Å²) in [5.41, 5.74) is 0. The van der Waals surface area contributed by atoms with Crippen LogP contribution in [0.25, 0.3) is 0 Å². The molecule has 1 amide bonds. The fourth-order valence-corrected chi connectivity index (χ4v) is 3.76. The van der Waals surface area contributed by atoms with Crippen molar-refractivity contribution in [1.29, 1.82) is 0 Å². The van der Waals surface area contributed by atoms with Gasteiger partial charge in [-0.1, -0.05) is 53.4 Å². The molecule has 0 aromatic rings. The molecule has 9 heteroatoms. The zero-order chi connectivity index (χ0) is 23.2. The molecule has 186 valence electrons. The number of hydrogen-bond acceptors (Lipinski definition) is 7. The van der Waals surface area contributed by atoms with Gasteiger partial charge in [0.05, 0.1) is 39.1 Å². The van der Waals surface area contributed by atoms with Gasteiger partial charge in [-0.15, -0.1) is 0 Å². The number of carbonyl (C=O) groups excluding carboxylic acids is 1. The van der Waals surface area contributed by atoms with E-state index in [1.54, 1.807) is 0 Å². The molecule has 0 heterocycles. The first kappa shape index (κ1) is 30.5. The van der Waals surface area contributed by atoms with Crippen LogP contribution in [0.4, 0.5) is 0 Å². The molecule has 0 fully saturated rings. The first-order valence-electron chi connectivity index (χ1n) is 12.0. The molecule has 0 saturated carbocycles. The molecule has 0 aromatic heterocycles. The summed E-state index contributed by atoms with van der Waals surface area (Å²) in [6.45, 7) is 10.7. The van der Waals surface area contributed by atoms with Crippen LogP contribution in [0.3, 0.4) is 0 Å². The number of phosphoric ester groups is 1. The Morgan fingerprint density at radius 1 is 0.742 bits per heavy atom. The summed E-state index contributed by atoms with van der Waals surface area (Å²) in [5.74, 6) is 0.